The summed E-state index contributed by atoms with van der Waals surface area (Å²) in [6, 6.07) is 17.6. The van der Waals surface area contributed by atoms with Gasteiger partial charge >= 0.3 is 29.6 Å². The summed E-state index contributed by atoms with van der Waals surface area (Å²) >= 11 is 6.15. The number of nitrogens with one attached hydrogen (secondary N) is 1. The quantitative estimate of drug-likeness (QED) is 0.221. The zero-order chi connectivity index (χ0) is 31.3. The number of halogens is 3. The average molecular weight is 631 g/mol. The van der Waals surface area contributed by atoms with E-state index in [1.807, 2.05) is 13.8 Å². The van der Waals surface area contributed by atoms with Crippen LogP contribution >= 0.6 is 11.6 Å². The van der Waals surface area contributed by atoms with Crippen LogP contribution in [0.5, 0.6) is 0 Å². The molecule has 2 atom stereocenters. The Bertz CT molecular complexity index is 1640. The van der Waals surface area contributed by atoms with E-state index in [0.717, 1.165) is 0 Å². The van der Waals surface area contributed by atoms with Gasteiger partial charge in [-0.3, -0.25) is 4.79 Å². The maximum absolute atomic E-state index is 14.1. The van der Waals surface area contributed by atoms with Gasteiger partial charge in [0.25, 0.3) is 5.91 Å². The van der Waals surface area contributed by atoms with Crippen molar-refractivity contribution in [3.05, 3.63) is 107 Å². The van der Waals surface area contributed by atoms with Gasteiger partial charge in [0, 0.05) is 52.4 Å². The second-order valence-corrected chi connectivity index (χ2v) is 10.8. The summed E-state index contributed by atoms with van der Waals surface area (Å²) < 4.78 is 29.8. The van der Waals surface area contributed by atoms with Crippen molar-refractivity contribution in [1.29, 1.82) is 0 Å². The standard InChI is InChI=1S/C33H31ClF2N2O5.Na/c1-19(2)38-28(15-14-26(39)17-27(40)18-29(41)42)30(20-6-10-23(35)11-7-20)31(21-8-12-24(36)13-9-21)32(38)33(43)37-25-5-3-4-22(34)16-25;/h3-16,19,26-27,39-40H,17-18H2,1-2H3,(H,37,43)(H,41,42);/q;+1/p-1/t26-,27-;/m1./s1. The number of aliphatic carboxylic acids is 1. The molecular formula is C33H30ClF2N2NaO5. The van der Waals surface area contributed by atoms with E-state index in [0.29, 0.717) is 38.7 Å². The van der Waals surface area contributed by atoms with Gasteiger partial charge in [0.15, 0.2) is 0 Å². The maximum Gasteiger partial charge on any atom is 1.00 e. The Balaban J connectivity index is 0.00000529. The Morgan fingerprint density at radius 1 is 0.955 bits per heavy atom. The molecule has 0 spiro atoms. The third kappa shape index (κ3) is 8.65. The summed E-state index contributed by atoms with van der Waals surface area (Å²) in [7, 11) is 0. The van der Waals surface area contributed by atoms with Crippen LogP contribution in [0.2, 0.25) is 5.02 Å². The molecule has 7 nitrogen and oxygen atoms in total. The van der Waals surface area contributed by atoms with Crippen LogP contribution in [-0.2, 0) is 4.79 Å². The number of anilines is 1. The fourth-order valence-corrected chi connectivity index (χ4v) is 5.12. The first-order valence-electron chi connectivity index (χ1n) is 13.6. The predicted octanol–water partition coefficient (Wildman–Crippen LogP) is 2.86. The summed E-state index contributed by atoms with van der Waals surface area (Å²) in [5, 5.41) is 34.8. The van der Waals surface area contributed by atoms with E-state index >= 15 is 0 Å². The van der Waals surface area contributed by atoms with Crippen molar-refractivity contribution in [2.45, 2.75) is 44.9 Å². The zero-order valence-electron chi connectivity index (χ0n) is 24.4. The van der Waals surface area contributed by atoms with E-state index in [9.17, 15) is 33.7 Å². The summed E-state index contributed by atoms with van der Waals surface area (Å²) in [4.78, 5) is 24.9. The molecule has 4 aromatic rings. The summed E-state index contributed by atoms with van der Waals surface area (Å²) in [5.41, 5.74) is 3.12. The monoisotopic (exact) mass is 630 g/mol. The van der Waals surface area contributed by atoms with Gasteiger partial charge in [0.05, 0.1) is 12.2 Å². The summed E-state index contributed by atoms with van der Waals surface area (Å²) in [6.45, 7) is 3.72. The first-order chi connectivity index (χ1) is 20.4. The molecule has 3 N–H and O–H groups in total. The minimum absolute atomic E-state index is 0. The molecule has 44 heavy (non-hydrogen) atoms. The Morgan fingerprint density at radius 3 is 2.05 bits per heavy atom. The largest absolute Gasteiger partial charge is 1.00 e. The van der Waals surface area contributed by atoms with Gasteiger partial charge in [-0.1, -0.05) is 48.0 Å². The number of benzene rings is 3. The van der Waals surface area contributed by atoms with Crippen LogP contribution in [0.3, 0.4) is 0 Å². The number of hydrogen-bond acceptors (Lipinski definition) is 5. The fourth-order valence-electron chi connectivity index (χ4n) is 4.93. The molecule has 11 heteroatoms. The first kappa shape index (κ1) is 35.2. The van der Waals surface area contributed by atoms with E-state index in [1.54, 1.807) is 47.0 Å². The van der Waals surface area contributed by atoms with Crippen molar-refractivity contribution in [1.82, 2.24) is 4.57 Å². The molecule has 3 aromatic carbocycles. The van der Waals surface area contributed by atoms with Gasteiger partial charge in [-0.05, 0) is 73.5 Å². The number of aromatic nitrogens is 1. The number of aliphatic hydroxyl groups is 2. The van der Waals surface area contributed by atoms with Crippen molar-refractivity contribution in [2.24, 2.45) is 0 Å². The van der Waals surface area contributed by atoms with Crippen molar-refractivity contribution < 1.29 is 63.2 Å². The van der Waals surface area contributed by atoms with Crippen LogP contribution < -0.4 is 40.0 Å². The van der Waals surface area contributed by atoms with Gasteiger partial charge < -0.3 is 30.0 Å². The van der Waals surface area contributed by atoms with Crippen LogP contribution in [0.1, 0.15) is 48.9 Å². The van der Waals surface area contributed by atoms with Crippen LogP contribution in [0.4, 0.5) is 14.5 Å². The number of carboxylic acid groups (broad SMARTS) is 1. The van der Waals surface area contributed by atoms with E-state index in [1.165, 1.54) is 42.5 Å². The van der Waals surface area contributed by atoms with Crippen molar-refractivity contribution >= 4 is 35.2 Å². The number of hydrogen-bond donors (Lipinski definition) is 3. The van der Waals surface area contributed by atoms with Gasteiger partial charge in [-0.25, -0.2) is 8.78 Å². The molecule has 0 saturated carbocycles. The normalized spacial score (nSPS) is 12.6. The minimum atomic E-state index is -1.45. The number of rotatable bonds is 11. The van der Waals surface area contributed by atoms with E-state index in [4.69, 9.17) is 11.6 Å². The zero-order valence-corrected chi connectivity index (χ0v) is 27.2. The molecule has 0 bridgehead atoms. The molecule has 224 valence electrons. The molecule has 1 amide bonds. The topological polar surface area (TPSA) is 115 Å². The number of carboxylic acids is 1. The Labute approximate surface area is 281 Å². The Hall–Kier alpha value is -3.31. The molecule has 0 unspecified atom stereocenters. The molecule has 1 aromatic heterocycles. The van der Waals surface area contributed by atoms with E-state index in [-0.39, 0.29) is 47.7 Å². The first-order valence-corrected chi connectivity index (χ1v) is 13.9. The molecule has 0 aliphatic carbocycles. The number of aliphatic hydroxyl groups excluding tert-OH is 2. The van der Waals surface area contributed by atoms with Gasteiger partial charge in [0.1, 0.15) is 17.3 Å². The number of carbonyl (C=O) groups is 2. The van der Waals surface area contributed by atoms with E-state index < -0.39 is 42.1 Å². The number of nitrogens with zero attached hydrogens (tertiary/aromatic N) is 1. The third-order valence-corrected chi connectivity index (χ3v) is 6.95. The molecule has 1 heterocycles. The van der Waals surface area contributed by atoms with Crippen LogP contribution in [0.15, 0.2) is 78.9 Å². The molecule has 0 fully saturated rings. The molecule has 0 radical (unpaired) electrons. The van der Waals surface area contributed by atoms with Gasteiger partial charge in [-0.15, -0.1) is 0 Å². The second kappa shape index (κ2) is 15.6. The molecule has 0 aliphatic rings. The SMILES string of the molecule is CC(C)n1c(C=C[C@@H](O)C[C@@H](O)CC(=O)[O-])c(-c2ccc(F)cc2)c(-c2ccc(F)cc2)c1C(=O)Nc1cccc(Cl)c1.[Na+]. The molecule has 4 rings (SSSR count). The average Bonchev–Trinajstić information content (AvgIpc) is 3.28. The predicted molar refractivity (Wildman–Crippen MR) is 160 cm³/mol. The smallest absolute Gasteiger partial charge is 0.550 e. The molecule has 0 aliphatic heterocycles. The molecular weight excluding hydrogens is 601 g/mol. The number of amides is 1. The Kier molecular flexibility index (Phi) is 12.5. The van der Waals surface area contributed by atoms with Crippen molar-refractivity contribution in [3.8, 4) is 22.3 Å². The van der Waals surface area contributed by atoms with Crippen molar-refractivity contribution in [3.63, 3.8) is 0 Å². The van der Waals surface area contributed by atoms with Gasteiger partial charge in [0.2, 0.25) is 0 Å². The van der Waals surface area contributed by atoms with Crippen molar-refractivity contribution in [2.75, 3.05) is 5.32 Å². The fraction of sp³-hybridized carbons (Fsp3) is 0.212. The third-order valence-electron chi connectivity index (χ3n) is 6.72. The number of carbonyl (C=O) groups excluding carboxylic acids is 2. The minimum Gasteiger partial charge on any atom is -0.550 e. The summed E-state index contributed by atoms with van der Waals surface area (Å²) in [5.74, 6) is -2.89. The van der Waals surface area contributed by atoms with Crippen LogP contribution in [0.25, 0.3) is 28.3 Å². The van der Waals surface area contributed by atoms with Crippen LogP contribution in [-0.4, -0.2) is 38.9 Å². The second-order valence-electron chi connectivity index (χ2n) is 10.3. The van der Waals surface area contributed by atoms with Gasteiger partial charge in [-0.2, -0.15) is 0 Å². The Morgan fingerprint density at radius 2 is 1.52 bits per heavy atom. The summed E-state index contributed by atoms with van der Waals surface area (Å²) in [6.07, 6.45) is -0.552. The van der Waals surface area contributed by atoms with E-state index in [2.05, 4.69) is 5.32 Å². The van der Waals surface area contributed by atoms with Crippen LogP contribution in [0, 0.1) is 11.6 Å². The maximum atomic E-state index is 14.1. The molecule has 0 saturated heterocycles.